The molecule has 2 nitrogen and oxygen atoms in total. The predicted molar refractivity (Wildman–Crippen MR) is 81.0 cm³/mol. The first-order valence-electron chi connectivity index (χ1n) is 5.78. The number of carbonyl (C=O) groups excluding carboxylic acids is 1. The molecule has 0 saturated heterocycles. The molecule has 18 heavy (non-hydrogen) atoms. The number of benzene rings is 1. The summed E-state index contributed by atoms with van der Waals surface area (Å²) < 4.78 is 0. The fraction of sp³-hybridized carbons (Fsp3) is 0.462. The van der Waals surface area contributed by atoms with Gasteiger partial charge < -0.3 is 5.32 Å². The molecule has 0 fully saturated rings. The monoisotopic (exact) mass is 351 g/mol. The van der Waals surface area contributed by atoms with Crippen LogP contribution in [0.25, 0.3) is 0 Å². The van der Waals surface area contributed by atoms with Gasteiger partial charge in [-0.05, 0) is 24.5 Å². The molecule has 100 valence electrons. The van der Waals surface area contributed by atoms with Gasteiger partial charge in [0.15, 0.2) is 0 Å². The Kier molecular flexibility index (Phi) is 6.47. The van der Waals surface area contributed by atoms with Crippen molar-refractivity contribution in [3.63, 3.8) is 0 Å². The van der Waals surface area contributed by atoms with Crippen LogP contribution in [0, 0.1) is 5.92 Å². The molecule has 1 aromatic carbocycles. The second-order valence-electron chi connectivity index (χ2n) is 4.40. The highest BCUT2D eigenvalue weighted by Crippen LogP contribution is 2.24. The first kappa shape index (κ1) is 15.8. The summed E-state index contributed by atoms with van der Waals surface area (Å²) in [6, 6.07) is 5.15. The van der Waals surface area contributed by atoms with Crippen molar-refractivity contribution < 1.29 is 4.79 Å². The van der Waals surface area contributed by atoms with Crippen LogP contribution in [0.15, 0.2) is 18.2 Å². The standard InChI is InChI=1S/C13H16BrCl2NO/c1-8(2)11(6-7-14)17-13(18)12-9(15)4-3-5-10(12)16/h3-5,8,11H,6-7H2,1-2H3,(H,17,18). The minimum Gasteiger partial charge on any atom is -0.349 e. The predicted octanol–water partition coefficient (Wildman–Crippen LogP) is 4.53. The van der Waals surface area contributed by atoms with E-state index in [0.717, 1.165) is 11.8 Å². The van der Waals surface area contributed by atoms with Crippen molar-refractivity contribution in [2.24, 2.45) is 5.92 Å². The molecule has 1 N–H and O–H groups in total. The maximum Gasteiger partial charge on any atom is 0.254 e. The first-order valence-corrected chi connectivity index (χ1v) is 7.66. The van der Waals surface area contributed by atoms with Gasteiger partial charge in [0.2, 0.25) is 0 Å². The highest BCUT2D eigenvalue weighted by atomic mass is 79.9. The molecule has 0 radical (unpaired) electrons. The molecule has 0 heterocycles. The summed E-state index contributed by atoms with van der Waals surface area (Å²) in [6.45, 7) is 4.14. The van der Waals surface area contributed by atoms with Crippen molar-refractivity contribution in [1.82, 2.24) is 5.32 Å². The summed E-state index contributed by atoms with van der Waals surface area (Å²) in [5.41, 5.74) is 0.348. The van der Waals surface area contributed by atoms with Gasteiger partial charge in [0.25, 0.3) is 5.91 Å². The largest absolute Gasteiger partial charge is 0.349 e. The third-order valence-corrected chi connectivity index (χ3v) is 3.82. The first-order chi connectivity index (χ1) is 8.47. The van der Waals surface area contributed by atoms with Crippen LogP contribution >= 0.6 is 39.1 Å². The molecule has 0 saturated carbocycles. The van der Waals surface area contributed by atoms with Crippen LogP contribution in [-0.2, 0) is 0 Å². The van der Waals surface area contributed by atoms with E-state index in [0.29, 0.717) is 21.5 Å². The van der Waals surface area contributed by atoms with Crippen LogP contribution in [0.3, 0.4) is 0 Å². The van der Waals surface area contributed by atoms with Crippen LogP contribution in [0.5, 0.6) is 0 Å². The smallest absolute Gasteiger partial charge is 0.254 e. The molecule has 0 bridgehead atoms. The van der Waals surface area contributed by atoms with E-state index in [1.165, 1.54) is 0 Å². The molecule has 0 aromatic heterocycles. The lowest BCUT2D eigenvalue weighted by Gasteiger charge is -2.22. The second kappa shape index (κ2) is 7.37. The van der Waals surface area contributed by atoms with Crippen molar-refractivity contribution in [1.29, 1.82) is 0 Å². The van der Waals surface area contributed by atoms with E-state index in [1.807, 2.05) is 0 Å². The van der Waals surface area contributed by atoms with E-state index in [2.05, 4.69) is 35.1 Å². The number of amides is 1. The Bertz CT molecular complexity index is 403. The fourth-order valence-corrected chi connectivity index (χ4v) is 2.71. The zero-order valence-corrected chi connectivity index (χ0v) is 13.4. The van der Waals surface area contributed by atoms with Crippen molar-refractivity contribution in [2.45, 2.75) is 26.3 Å². The summed E-state index contributed by atoms with van der Waals surface area (Å²) in [7, 11) is 0. The highest BCUT2D eigenvalue weighted by Gasteiger charge is 2.20. The third-order valence-electron chi connectivity index (χ3n) is 2.73. The molecular weight excluding hydrogens is 337 g/mol. The Hall–Kier alpha value is -0.250. The summed E-state index contributed by atoms with van der Waals surface area (Å²) in [5, 5.41) is 4.57. The van der Waals surface area contributed by atoms with Crippen molar-refractivity contribution >= 4 is 45.0 Å². The zero-order valence-electron chi connectivity index (χ0n) is 10.3. The number of nitrogens with one attached hydrogen (secondary N) is 1. The van der Waals surface area contributed by atoms with E-state index in [4.69, 9.17) is 23.2 Å². The molecule has 0 aliphatic heterocycles. The summed E-state index contributed by atoms with van der Waals surface area (Å²) >= 11 is 15.4. The van der Waals surface area contributed by atoms with Gasteiger partial charge in [0, 0.05) is 11.4 Å². The molecule has 1 unspecified atom stereocenters. The number of halogens is 3. The minimum absolute atomic E-state index is 0.101. The van der Waals surface area contributed by atoms with E-state index < -0.39 is 0 Å². The van der Waals surface area contributed by atoms with Crippen LogP contribution in [0.1, 0.15) is 30.6 Å². The number of carbonyl (C=O) groups is 1. The topological polar surface area (TPSA) is 29.1 Å². The van der Waals surface area contributed by atoms with Gasteiger partial charge in [-0.3, -0.25) is 4.79 Å². The van der Waals surface area contributed by atoms with Gasteiger partial charge >= 0.3 is 0 Å². The van der Waals surface area contributed by atoms with Gasteiger partial charge in [-0.25, -0.2) is 0 Å². The number of hydrogen-bond donors (Lipinski definition) is 1. The molecule has 1 rings (SSSR count). The summed E-state index contributed by atoms with van der Waals surface area (Å²) in [6.07, 6.45) is 0.867. The van der Waals surface area contributed by atoms with E-state index >= 15 is 0 Å². The number of alkyl halides is 1. The van der Waals surface area contributed by atoms with E-state index in [-0.39, 0.29) is 11.9 Å². The van der Waals surface area contributed by atoms with Crippen molar-refractivity contribution in [3.05, 3.63) is 33.8 Å². The molecule has 0 aliphatic carbocycles. The Morgan fingerprint density at radius 3 is 2.33 bits per heavy atom. The fourth-order valence-electron chi connectivity index (χ4n) is 1.65. The van der Waals surface area contributed by atoms with Gasteiger partial charge in [-0.15, -0.1) is 0 Å². The highest BCUT2D eigenvalue weighted by molar-refractivity contribution is 9.09. The van der Waals surface area contributed by atoms with E-state index in [1.54, 1.807) is 18.2 Å². The molecule has 1 atom stereocenters. The average molecular weight is 353 g/mol. The summed E-state index contributed by atoms with van der Waals surface area (Å²) in [5.74, 6) is 0.137. The van der Waals surface area contributed by atoms with Crippen LogP contribution in [0.2, 0.25) is 10.0 Å². The van der Waals surface area contributed by atoms with Gasteiger partial charge in [-0.1, -0.05) is 59.0 Å². The Labute approximate surface area is 126 Å². The quantitative estimate of drug-likeness (QED) is 0.775. The van der Waals surface area contributed by atoms with Crippen LogP contribution < -0.4 is 5.32 Å². The lowest BCUT2D eigenvalue weighted by molar-refractivity contribution is 0.0925. The Balaban J connectivity index is 2.87. The van der Waals surface area contributed by atoms with Gasteiger partial charge in [0.05, 0.1) is 15.6 Å². The normalized spacial score (nSPS) is 12.6. The molecule has 1 aromatic rings. The van der Waals surface area contributed by atoms with Crippen molar-refractivity contribution in [2.75, 3.05) is 5.33 Å². The van der Waals surface area contributed by atoms with Crippen LogP contribution in [0.4, 0.5) is 0 Å². The SMILES string of the molecule is CC(C)C(CCBr)NC(=O)c1c(Cl)cccc1Cl. The second-order valence-corrected chi connectivity index (χ2v) is 6.01. The lowest BCUT2D eigenvalue weighted by Crippen LogP contribution is -2.39. The molecular formula is C13H16BrCl2NO. The zero-order chi connectivity index (χ0) is 13.7. The lowest BCUT2D eigenvalue weighted by atomic mass is 10.0. The van der Waals surface area contributed by atoms with Gasteiger partial charge in [-0.2, -0.15) is 0 Å². The Morgan fingerprint density at radius 1 is 1.33 bits per heavy atom. The maximum atomic E-state index is 12.2. The minimum atomic E-state index is -0.217. The van der Waals surface area contributed by atoms with Gasteiger partial charge in [0.1, 0.15) is 0 Å². The molecule has 1 amide bonds. The van der Waals surface area contributed by atoms with Crippen LogP contribution in [-0.4, -0.2) is 17.3 Å². The summed E-state index contributed by atoms with van der Waals surface area (Å²) in [4.78, 5) is 12.2. The number of hydrogen-bond acceptors (Lipinski definition) is 1. The molecule has 0 aliphatic rings. The third kappa shape index (κ3) is 4.15. The average Bonchev–Trinajstić information content (AvgIpc) is 2.28. The Morgan fingerprint density at radius 2 is 1.89 bits per heavy atom. The van der Waals surface area contributed by atoms with E-state index in [9.17, 15) is 4.79 Å². The molecule has 0 spiro atoms. The number of rotatable bonds is 5. The maximum absolute atomic E-state index is 12.2. The van der Waals surface area contributed by atoms with Crippen molar-refractivity contribution in [3.8, 4) is 0 Å². The molecule has 5 heteroatoms.